The number of esters is 13. The first-order chi connectivity index (χ1) is 61.8. The van der Waals surface area contributed by atoms with Crippen LogP contribution < -0.4 is 10.6 Å². The molecule has 0 aliphatic rings. The van der Waals surface area contributed by atoms with Crippen molar-refractivity contribution in [1.29, 1.82) is 0 Å². The fourth-order valence-corrected chi connectivity index (χ4v) is 9.64. The maximum atomic E-state index is 12.1. The largest absolute Gasteiger partial charge is 0.463 e. The van der Waals surface area contributed by atoms with Crippen molar-refractivity contribution in [3.8, 4) is 0 Å². The van der Waals surface area contributed by atoms with Gasteiger partial charge in [-0.15, -0.1) is 0 Å². The number of carbonyl (C=O) groups is 17. The summed E-state index contributed by atoms with van der Waals surface area (Å²) >= 11 is 0. The molecule has 1 atom stereocenters. The number of benzene rings is 1. The van der Waals surface area contributed by atoms with E-state index >= 15 is 0 Å². The van der Waals surface area contributed by atoms with Crippen molar-refractivity contribution < 1.29 is 143 Å². The summed E-state index contributed by atoms with van der Waals surface area (Å²) in [6.45, 7) is 60.2. The van der Waals surface area contributed by atoms with Crippen molar-refractivity contribution in [1.82, 2.24) is 10.6 Å². The molecule has 716 valence electrons. The van der Waals surface area contributed by atoms with Gasteiger partial charge in [-0.2, -0.15) is 0 Å². The molecule has 2 amide bonds. The standard InChI is InChI=1S/C19H22O6.C14H22O2.C12H18O4.C11H16O4.C10H16N2O2S2.2C10H14O4.C9H12O4/c1-4-16(20)23-12-19(6-3,13-24-17(21)5-2)14-25-18(22)15-10-8-7-9-11-15;1-3-13(15)11-9-7-5-6-8-10-12-14(16)4-2;1-3-11(13)15-9-7-5-6-8-10-16-12(14)4-2;1-3-10(12)14-8-6-5-7-9-15-11(13)4-2;1-3-9(13)11-5-7-15-16-8-6-12-10(14)4-2;1-4-9(11)13-7-6-8(3)14-10(12)5-2;1-3-9(11)13-7-5-6-8-14-10(12)4-2;1-3-8(10)12-6-5-7-13-9(11)4-2/h4-5,7-11H,1-2,6,12-14H2,3H3;3-4H,1-2,5-12H2;3-4H,1-2,5-10H2;3-4H,1-2,5-9H2;3-4H,1-2,5-8H2,(H,11,13)(H,12,14);4-5,8H,1-2,6-7H2,3H3;3-4H,1-2,5-8H2;3-4H,1-2,5-7H2. The number of ketones is 2. The number of hydrogen-bond acceptors (Lipinski definition) is 32. The maximum Gasteiger partial charge on any atom is 0.338 e. The van der Waals surface area contributed by atoms with Crippen LogP contribution in [-0.2, 0) is 138 Å². The Balaban J connectivity index is -0.000000266. The normalized spacial score (nSPS) is 9.63. The van der Waals surface area contributed by atoms with Crippen molar-refractivity contribution in [2.45, 2.75) is 148 Å². The van der Waals surface area contributed by atoms with Gasteiger partial charge < -0.3 is 72.2 Å². The molecule has 0 heterocycles. The third-order valence-electron chi connectivity index (χ3n) is 15.0. The van der Waals surface area contributed by atoms with E-state index in [1.165, 1.54) is 24.3 Å². The molecule has 0 saturated heterocycles. The maximum absolute atomic E-state index is 12.1. The topological polar surface area (TPSA) is 434 Å². The number of nitrogens with one attached hydrogen (secondary N) is 2. The van der Waals surface area contributed by atoms with Crippen LogP contribution in [0.25, 0.3) is 0 Å². The monoisotopic (exact) mass is 1850 g/mol. The zero-order valence-corrected chi connectivity index (χ0v) is 76.7. The molecule has 1 aromatic carbocycles. The smallest absolute Gasteiger partial charge is 0.338 e. The summed E-state index contributed by atoms with van der Waals surface area (Å²) in [4.78, 5) is 184. The van der Waals surface area contributed by atoms with Crippen LogP contribution in [0.3, 0.4) is 0 Å². The molecule has 1 rings (SSSR count). The van der Waals surface area contributed by atoms with Crippen LogP contribution in [0.5, 0.6) is 0 Å². The molecule has 0 saturated carbocycles. The van der Waals surface area contributed by atoms with Crippen LogP contribution in [0.4, 0.5) is 0 Å². The fraction of sp³-hybridized carbons (Fsp3) is 0.421. The predicted octanol–water partition coefficient (Wildman–Crippen LogP) is 14.2. The first kappa shape index (κ1) is 129. The van der Waals surface area contributed by atoms with Crippen molar-refractivity contribution in [2.24, 2.45) is 5.41 Å². The number of ether oxygens (including phenoxy) is 13. The van der Waals surface area contributed by atoms with E-state index in [0.29, 0.717) is 103 Å². The Morgan fingerprint density at radius 3 is 0.829 bits per heavy atom. The molecular formula is C95H134N2O30S2. The Hall–Kier alpha value is -12.9. The van der Waals surface area contributed by atoms with E-state index in [9.17, 15) is 81.5 Å². The highest BCUT2D eigenvalue weighted by atomic mass is 33.1. The highest BCUT2D eigenvalue weighted by molar-refractivity contribution is 8.76. The summed E-state index contributed by atoms with van der Waals surface area (Å²) in [5.41, 5.74) is -0.458. The van der Waals surface area contributed by atoms with Gasteiger partial charge >= 0.3 is 77.6 Å². The summed E-state index contributed by atoms with van der Waals surface area (Å²) in [6.07, 6.45) is 34.4. The van der Waals surface area contributed by atoms with E-state index in [0.717, 1.165) is 168 Å². The molecule has 0 aliphatic carbocycles. The fourth-order valence-electron chi connectivity index (χ4n) is 7.82. The number of rotatable bonds is 66. The van der Waals surface area contributed by atoms with Crippen molar-refractivity contribution in [3.63, 3.8) is 0 Å². The zero-order valence-electron chi connectivity index (χ0n) is 75.0. The van der Waals surface area contributed by atoms with Gasteiger partial charge in [0.2, 0.25) is 11.8 Å². The van der Waals surface area contributed by atoms with Gasteiger partial charge in [-0.3, -0.25) is 19.2 Å². The van der Waals surface area contributed by atoms with E-state index in [2.05, 4.69) is 125 Å². The van der Waals surface area contributed by atoms with Gasteiger partial charge in [0.25, 0.3) is 0 Å². The first-order valence-electron chi connectivity index (χ1n) is 40.9. The number of amides is 2. The summed E-state index contributed by atoms with van der Waals surface area (Å²) < 4.78 is 62.9. The number of carbonyl (C=O) groups excluding carboxylic acids is 17. The van der Waals surface area contributed by atoms with Crippen LogP contribution >= 0.6 is 21.6 Å². The van der Waals surface area contributed by atoms with Crippen molar-refractivity contribution >= 4 is 123 Å². The van der Waals surface area contributed by atoms with E-state index in [1.807, 2.05) is 6.92 Å². The molecule has 129 heavy (non-hydrogen) atoms. The minimum absolute atomic E-state index is 0.0773. The SMILES string of the molecule is C=CC(=O)CCCCCCCCC(=O)C=C.C=CC(=O)NCCSSCCNC(=O)C=C.C=CC(=O)OCC(CC)(COC(=O)C=C)COC(=O)c1ccccc1.C=CC(=O)OCCC(C)OC(=O)C=C.C=CC(=O)OCCCCCCOC(=O)C=C.C=CC(=O)OCCCCCOC(=O)C=C.C=CC(=O)OCCCCOC(=O)C=C.C=CC(=O)OCCCOC(=O)C=C. The quantitative estimate of drug-likeness (QED) is 0.0201. The Labute approximate surface area is 768 Å². The van der Waals surface area contributed by atoms with E-state index < -0.39 is 71.1 Å². The summed E-state index contributed by atoms with van der Waals surface area (Å²) in [5.74, 6) is -4.47. The summed E-state index contributed by atoms with van der Waals surface area (Å²) in [7, 11) is 3.31. The lowest BCUT2D eigenvalue weighted by atomic mass is 9.88. The Morgan fingerprint density at radius 2 is 0.550 bits per heavy atom. The minimum atomic E-state index is -0.859. The molecule has 0 fully saturated rings. The second-order valence-electron chi connectivity index (χ2n) is 25.1. The lowest BCUT2D eigenvalue weighted by Crippen LogP contribution is -2.38. The van der Waals surface area contributed by atoms with Crippen LogP contribution in [0, 0.1) is 5.41 Å². The number of unbranched alkanes of at least 4 members (excludes halogenated alkanes) is 11. The second-order valence-corrected chi connectivity index (χ2v) is 27.8. The zero-order chi connectivity index (χ0) is 98.8. The molecule has 0 aromatic heterocycles. The predicted molar refractivity (Wildman–Crippen MR) is 497 cm³/mol. The third kappa shape index (κ3) is 98.8. The molecule has 0 spiro atoms. The highest BCUT2D eigenvalue weighted by Crippen LogP contribution is 2.25. The van der Waals surface area contributed by atoms with E-state index in [-0.39, 0.29) is 81.1 Å². The average molecular weight is 1850 g/mol. The summed E-state index contributed by atoms with van der Waals surface area (Å²) in [5, 5.41) is 5.35. The minimum Gasteiger partial charge on any atom is -0.463 e. The molecular weight excluding hydrogens is 1710 g/mol. The van der Waals surface area contributed by atoms with E-state index in [4.69, 9.17) is 52.1 Å². The first-order valence-corrected chi connectivity index (χ1v) is 43.4. The highest BCUT2D eigenvalue weighted by Gasteiger charge is 2.34. The Bertz CT molecular complexity index is 3330. The molecule has 32 nitrogen and oxygen atoms in total. The van der Waals surface area contributed by atoms with Crippen molar-refractivity contribution in [2.75, 3.05) is 104 Å². The number of allylic oxidation sites excluding steroid dienone is 2. The van der Waals surface area contributed by atoms with Crippen LogP contribution in [0.15, 0.2) is 233 Å². The van der Waals surface area contributed by atoms with Gasteiger partial charge in [-0.25, -0.2) is 62.3 Å². The van der Waals surface area contributed by atoms with Gasteiger partial charge in [0, 0.05) is 123 Å². The van der Waals surface area contributed by atoms with Gasteiger partial charge in [-0.05, 0) is 120 Å². The Kier molecular flexibility index (Phi) is 97.6. The third-order valence-corrected chi connectivity index (χ3v) is 17.4. The number of hydrogen-bond donors (Lipinski definition) is 2. The van der Waals surface area contributed by atoms with Gasteiger partial charge in [0.05, 0.1) is 70.4 Å². The van der Waals surface area contributed by atoms with Gasteiger partial charge in [0.15, 0.2) is 11.6 Å². The molecule has 1 aromatic rings. The van der Waals surface area contributed by atoms with Crippen LogP contribution in [0.2, 0.25) is 0 Å². The van der Waals surface area contributed by atoms with Crippen molar-refractivity contribution in [3.05, 3.63) is 238 Å². The molecule has 0 radical (unpaired) electrons. The molecule has 1 unspecified atom stereocenters. The Morgan fingerprint density at radius 1 is 0.302 bits per heavy atom. The lowest BCUT2D eigenvalue weighted by Gasteiger charge is -2.30. The molecule has 2 N–H and O–H groups in total. The average Bonchev–Trinajstić information content (AvgIpc) is 0.842. The van der Waals surface area contributed by atoms with Gasteiger partial charge in [-0.1, -0.05) is 178 Å². The lowest BCUT2D eigenvalue weighted by molar-refractivity contribution is -0.151. The summed E-state index contributed by atoms with van der Waals surface area (Å²) in [6, 6.07) is 8.50. The molecule has 0 aliphatic heterocycles. The molecule has 0 bridgehead atoms. The molecule has 34 heteroatoms. The van der Waals surface area contributed by atoms with Gasteiger partial charge in [0.1, 0.15) is 25.9 Å². The van der Waals surface area contributed by atoms with Crippen LogP contribution in [-0.4, -0.2) is 211 Å². The van der Waals surface area contributed by atoms with E-state index in [1.54, 1.807) is 58.8 Å². The van der Waals surface area contributed by atoms with Crippen LogP contribution in [0.1, 0.15) is 153 Å². The second kappa shape index (κ2) is 97.3.